The second-order valence-corrected chi connectivity index (χ2v) is 3.92. The van der Waals surface area contributed by atoms with Crippen molar-refractivity contribution in [2.75, 3.05) is 13.2 Å². The molecule has 0 saturated heterocycles. The largest absolute Gasteiger partial charge is 0.488 e. The van der Waals surface area contributed by atoms with Crippen LogP contribution >= 0.6 is 11.6 Å². The summed E-state index contributed by atoms with van der Waals surface area (Å²) in [6.07, 6.45) is -0.0104. The Morgan fingerprint density at radius 3 is 2.81 bits per heavy atom. The summed E-state index contributed by atoms with van der Waals surface area (Å²) < 4.78 is 11.0. The number of rotatable bonds is 6. The molecule has 0 bridgehead atoms. The van der Waals surface area contributed by atoms with Gasteiger partial charge >= 0.3 is 0 Å². The topological polar surface area (TPSA) is 44.5 Å². The number of halogens is 1. The maximum atomic E-state index is 6.03. The van der Waals surface area contributed by atoms with Crippen LogP contribution in [-0.4, -0.2) is 19.3 Å². The molecule has 1 aromatic carbocycles. The number of ether oxygens (including phenoxy) is 2. The Labute approximate surface area is 101 Å². The van der Waals surface area contributed by atoms with Gasteiger partial charge in [-0.2, -0.15) is 0 Å². The van der Waals surface area contributed by atoms with Gasteiger partial charge in [0.25, 0.3) is 0 Å². The molecule has 0 fully saturated rings. The van der Waals surface area contributed by atoms with Gasteiger partial charge in [-0.3, -0.25) is 0 Å². The van der Waals surface area contributed by atoms with E-state index >= 15 is 0 Å². The molecule has 3 nitrogen and oxygen atoms in total. The van der Waals surface area contributed by atoms with E-state index in [1.54, 1.807) is 0 Å². The lowest BCUT2D eigenvalue weighted by Gasteiger charge is -2.17. The molecule has 0 amide bonds. The van der Waals surface area contributed by atoms with E-state index in [1.807, 2.05) is 32.0 Å². The average molecular weight is 244 g/mol. The predicted molar refractivity (Wildman–Crippen MR) is 65.9 cm³/mol. The Bertz CT molecular complexity index is 331. The van der Waals surface area contributed by atoms with E-state index in [9.17, 15) is 0 Å². The summed E-state index contributed by atoms with van der Waals surface area (Å²) in [5, 5.41) is 0.642. The minimum absolute atomic E-state index is 0.0104. The highest BCUT2D eigenvalue weighted by atomic mass is 35.5. The monoisotopic (exact) mass is 243 g/mol. The lowest BCUT2D eigenvalue weighted by molar-refractivity contribution is 0.0652. The molecular formula is C12H18ClNO2. The van der Waals surface area contributed by atoms with E-state index in [4.69, 9.17) is 26.8 Å². The van der Waals surface area contributed by atoms with Crippen LogP contribution in [0.4, 0.5) is 0 Å². The lowest BCUT2D eigenvalue weighted by Crippen LogP contribution is -2.20. The molecular weight excluding hydrogens is 226 g/mol. The maximum Gasteiger partial charge on any atom is 0.125 e. The van der Waals surface area contributed by atoms with Crippen molar-refractivity contribution >= 4 is 11.6 Å². The zero-order chi connectivity index (χ0) is 12.0. The molecule has 1 atom stereocenters. The smallest absolute Gasteiger partial charge is 0.125 e. The van der Waals surface area contributed by atoms with Gasteiger partial charge in [-0.05, 0) is 26.0 Å². The van der Waals surface area contributed by atoms with Gasteiger partial charge in [0.15, 0.2) is 0 Å². The van der Waals surface area contributed by atoms with Crippen LogP contribution in [-0.2, 0) is 11.3 Å². The Morgan fingerprint density at radius 2 is 2.19 bits per heavy atom. The second kappa shape index (κ2) is 6.74. The van der Waals surface area contributed by atoms with Gasteiger partial charge in [0, 0.05) is 23.7 Å². The minimum atomic E-state index is -0.0104. The van der Waals surface area contributed by atoms with Crippen LogP contribution in [0.15, 0.2) is 18.2 Å². The SMILES string of the molecule is CCOCC(C)Oc1cccc(Cl)c1CN. The van der Waals surface area contributed by atoms with Crippen molar-refractivity contribution < 1.29 is 9.47 Å². The summed E-state index contributed by atoms with van der Waals surface area (Å²) in [4.78, 5) is 0. The fourth-order valence-corrected chi connectivity index (χ4v) is 1.62. The van der Waals surface area contributed by atoms with Crippen molar-refractivity contribution in [2.24, 2.45) is 5.73 Å². The van der Waals surface area contributed by atoms with E-state index in [1.165, 1.54) is 0 Å². The Morgan fingerprint density at radius 1 is 1.44 bits per heavy atom. The molecule has 4 heteroatoms. The summed E-state index contributed by atoms with van der Waals surface area (Å²) in [5.74, 6) is 0.738. The fraction of sp³-hybridized carbons (Fsp3) is 0.500. The third kappa shape index (κ3) is 3.67. The molecule has 90 valence electrons. The van der Waals surface area contributed by atoms with Crippen molar-refractivity contribution in [1.29, 1.82) is 0 Å². The first-order chi connectivity index (χ1) is 7.69. The number of hydrogen-bond acceptors (Lipinski definition) is 3. The van der Waals surface area contributed by atoms with Gasteiger partial charge in [-0.1, -0.05) is 17.7 Å². The highest BCUT2D eigenvalue weighted by molar-refractivity contribution is 6.31. The summed E-state index contributed by atoms with van der Waals surface area (Å²) >= 11 is 6.03. The Kier molecular flexibility index (Phi) is 5.60. The number of benzene rings is 1. The van der Waals surface area contributed by atoms with Gasteiger partial charge in [0.1, 0.15) is 11.9 Å². The molecule has 0 aromatic heterocycles. The molecule has 0 aliphatic heterocycles. The van der Waals surface area contributed by atoms with E-state index in [2.05, 4.69) is 0 Å². The van der Waals surface area contributed by atoms with Crippen molar-refractivity contribution in [1.82, 2.24) is 0 Å². The predicted octanol–water partition coefficient (Wildman–Crippen LogP) is 2.60. The van der Waals surface area contributed by atoms with Gasteiger partial charge in [0.2, 0.25) is 0 Å². The summed E-state index contributed by atoms with van der Waals surface area (Å²) in [5.41, 5.74) is 6.47. The standard InChI is InChI=1S/C12H18ClNO2/c1-3-15-8-9(2)16-12-6-4-5-11(13)10(12)7-14/h4-6,9H,3,7-8,14H2,1-2H3. The second-order valence-electron chi connectivity index (χ2n) is 3.51. The molecule has 2 N–H and O–H groups in total. The fourth-order valence-electron chi connectivity index (χ4n) is 1.38. The van der Waals surface area contributed by atoms with Crippen LogP contribution in [0.5, 0.6) is 5.75 Å². The lowest BCUT2D eigenvalue weighted by atomic mass is 10.2. The molecule has 1 rings (SSSR count). The molecule has 16 heavy (non-hydrogen) atoms. The van der Waals surface area contributed by atoms with Crippen LogP contribution in [0, 0.1) is 0 Å². The molecule has 0 aliphatic carbocycles. The van der Waals surface area contributed by atoms with Crippen molar-refractivity contribution in [3.05, 3.63) is 28.8 Å². The molecule has 0 saturated carbocycles. The van der Waals surface area contributed by atoms with Crippen molar-refractivity contribution in [3.63, 3.8) is 0 Å². The molecule has 0 heterocycles. The Balaban J connectivity index is 2.69. The third-order valence-electron chi connectivity index (χ3n) is 2.16. The summed E-state index contributed by atoms with van der Waals surface area (Å²) in [6.45, 7) is 5.53. The first-order valence-corrected chi connectivity index (χ1v) is 5.78. The zero-order valence-corrected chi connectivity index (χ0v) is 10.5. The van der Waals surface area contributed by atoms with E-state index in [0.29, 0.717) is 24.8 Å². The normalized spacial score (nSPS) is 12.5. The van der Waals surface area contributed by atoms with Crippen molar-refractivity contribution in [3.8, 4) is 5.75 Å². The first-order valence-electron chi connectivity index (χ1n) is 5.40. The van der Waals surface area contributed by atoms with E-state index in [0.717, 1.165) is 11.3 Å². The molecule has 0 aliphatic rings. The quantitative estimate of drug-likeness (QED) is 0.835. The third-order valence-corrected chi connectivity index (χ3v) is 2.52. The highest BCUT2D eigenvalue weighted by Gasteiger charge is 2.10. The van der Waals surface area contributed by atoms with Crippen LogP contribution in [0.25, 0.3) is 0 Å². The number of nitrogens with two attached hydrogens (primary N) is 1. The van der Waals surface area contributed by atoms with Crippen LogP contribution in [0.1, 0.15) is 19.4 Å². The molecule has 0 radical (unpaired) electrons. The van der Waals surface area contributed by atoms with E-state index in [-0.39, 0.29) is 6.10 Å². The first kappa shape index (κ1) is 13.3. The van der Waals surface area contributed by atoms with Gasteiger partial charge in [0.05, 0.1) is 6.61 Å². The molecule has 1 unspecified atom stereocenters. The Hall–Kier alpha value is -0.770. The van der Waals surface area contributed by atoms with Crippen LogP contribution in [0.2, 0.25) is 5.02 Å². The molecule has 1 aromatic rings. The zero-order valence-electron chi connectivity index (χ0n) is 9.70. The van der Waals surface area contributed by atoms with Gasteiger partial charge in [-0.25, -0.2) is 0 Å². The van der Waals surface area contributed by atoms with Crippen molar-refractivity contribution in [2.45, 2.75) is 26.5 Å². The highest BCUT2D eigenvalue weighted by Crippen LogP contribution is 2.26. The van der Waals surface area contributed by atoms with E-state index < -0.39 is 0 Å². The number of hydrogen-bond donors (Lipinski definition) is 1. The summed E-state index contributed by atoms with van der Waals surface area (Å²) in [6, 6.07) is 5.53. The van der Waals surface area contributed by atoms with Gasteiger partial charge < -0.3 is 15.2 Å². The maximum absolute atomic E-state index is 6.03. The summed E-state index contributed by atoms with van der Waals surface area (Å²) in [7, 11) is 0. The minimum Gasteiger partial charge on any atom is -0.488 e. The molecule has 0 spiro atoms. The van der Waals surface area contributed by atoms with Crippen LogP contribution in [0.3, 0.4) is 0 Å². The van der Waals surface area contributed by atoms with Crippen LogP contribution < -0.4 is 10.5 Å². The van der Waals surface area contributed by atoms with Gasteiger partial charge in [-0.15, -0.1) is 0 Å². The average Bonchev–Trinajstić information content (AvgIpc) is 2.27.